The van der Waals surface area contributed by atoms with E-state index in [-0.39, 0.29) is 46.0 Å². The Morgan fingerprint density at radius 1 is 1.14 bits per heavy atom. The highest BCUT2D eigenvalue weighted by atomic mass is 19.4. The normalized spacial score (nSPS) is 17.8. The molecule has 0 bridgehead atoms. The molecule has 1 aliphatic heterocycles. The second-order valence-corrected chi connectivity index (χ2v) is 10.3. The Labute approximate surface area is 236 Å². The molecule has 2 aromatic heterocycles. The number of ether oxygens (including phenoxy) is 1. The number of aromatic hydroxyl groups is 1. The Bertz CT molecular complexity index is 1750. The fourth-order valence-electron chi connectivity index (χ4n) is 4.75. The van der Waals surface area contributed by atoms with Crippen molar-refractivity contribution in [3.63, 3.8) is 0 Å². The number of rotatable bonds is 6. The van der Waals surface area contributed by atoms with Crippen molar-refractivity contribution in [3.05, 3.63) is 82.9 Å². The molecule has 0 fully saturated rings. The smallest absolute Gasteiger partial charge is 0.424 e. The summed E-state index contributed by atoms with van der Waals surface area (Å²) >= 11 is 0. The van der Waals surface area contributed by atoms with Crippen molar-refractivity contribution in [2.45, 2.75) is 31.0 Å². The minimum Gasteiger partial charge on any atom is -0.506 e. The summed E-state index contributed by atoms with van der Waals surface area (Å²) in [6, 6.07) is 9.53. The van der Waals surface area contributed by atoms with Crippen LogP contribution in [0.15, 0.2) is 54.7 Å². The number of aryl methyl sites for hydroxylation is 1. The van der Waals surface area contributed by atoms with Crippen LogP contribution >= 0.6 is 0 Å². The number of pyridine rings is 2. The molecule has 5 N–H and O–H groups in total. The summed E-state index contributed by atoms with van der Waals surface area (Å²) in [6.45, 7) is 1.38. The molecule has 2 amide bonds. The number of phenols is 1. The van der Waals surface area contributed by atoms with Crippen molar-refractivity contribution < 1.29 is 42.1 Å². The number of nitrogens with zero attached hydrogens (tertiary/aromatic N) is 2. The molecule has 13 heteroatoms. The first-order valence-electron chi connectivity index (χ1n) is 12.6. The number of fused-ring (bicyclic) bond motifs is 2. The lowest BCUT2D eigenvalue weighted by Crippen LogP contribution is -2.51. The number of phenolic OH excluding ortho intramolecular Hbond substituents is 1. The average molecular weight is 585 g/mol. The van der Waals surface area contributed by atoms with Crippen LogP contribution in [0.3, 0.4) is 0 Å². The Balaban J connectivity index is 1.59. The summed E-state index contributed by atoms with van der Waals surface area (Å²) in [4.78, 5) is 33.5. The molecule has 2 aromatic carbocycles. The van der Waals surface area contributed by atoms with Gasteiger partial charge in [-0.15, -0.1) is 0 Å². The van der Waals surface area contributed by atoms with E-state index in [0.717, 1.165) is 24.3 Å². The summed E-state index contributed by atoms with van der Waals surface area (Å²) in [6.07, 6.45) is -3.92. The summed E-state index contributed by atoms with van der Waals surface area (Å²) < 4.78 is 63.0. The van der Waals surface area contributed by atoms with Crippen LogP contribution in [0.2, 0.25) is 0 Å². The molecule has 0 aliphatic carbocycles. The second-order valence-electron chi connectivity index (χ2n) is 10.3. The monoisotopic (exact) mass is 584 g/mol. The van der Waals surface area contributed by atoms with Gasteiger partial charge in [-0.3, -0.25) is 14.6 Å². The van der Waals surface area contributed by atoms with Crippen molar-refractivity contribution >= 4 is 22.7 Å². The molecule has 4 aromatic rings. The van der Waals surface area contributed by atoms with Crippen LogP contribution in [0.4, 0.5) is 17.6 Å². The Hall–Kier alpha value is -4.78. The van der Waals surface area contributed by atoms with E-state index in [2.05, 4.69) is 15.3 Å². The third-order valence-electron chi connectivity index (χ3n) is 7.44. The van der Waals surface area contributed by atoms with E-state index in [1.54, 1.807) is 13.0 Å². The lowest BCUT2D eigenvalue weighted by Gasteiger charge is -2.31. The zero-order chi connectivity index (χ0) is 30.6. The summed E-state index contributed by atoms with van der Waals surface area (Å²) in [7, 11) is 0. The van der Waals surface area contributed by atoms with Gasteiger partial charge in [-0.05, 0) is 67.9 Å². The first-order valence-corrected chi connectivity index (χ1v) is 12.6. The first kappa shape index (κ1) is 28.7. The SMILES string of the molecule is Cc1ccnc2c(O)cc(C(=O)NCC(O)(c3cc4c(c(-c5ccc(F)cc5)n3)OC[C@]4(C)C(N)=O)C(F)(F)F)cc12. The number of hydrogen-bond donors (Lipinski definition) is 4. The average Bonchev–Trinajstić information content (AvgIpc) is 3.29. The van der Waals surface area contributed by atoms with Gasteiger partial charge in [0, 0.05) is 28.3 Å². The third-order valence-corrected chi connectivity index (χ3v) is 7.44. The lowest BCUT2D eigenvalue weighted by atomic mass is 9.81. The maximum absolute atomic E-state index is 14.6. The minimum absolute atomic E-state index is 0.0455. The minimum atomic E-state index is -5.38. The number of nitrogens with two attached hydrogens (primary N) is 1. The van der Waals surface area contributed by atoms with Gasteiger partial charge in [0.2, 0.25) is 11.5 Å². The molecule has 9 nitrogen and oxygen atoms in total. The van der Waals surface area contributed by atoms with E-state index >= 15 is 0 Å². The van der Waals surface area contributed by atoms with Crippen molar-refractivity contribution in [3.8, 4) is 22.8 Å². The lowest BCUT2D eigenvalue weighted by molar-refractivity contribution is -0.265. The first-order chi connectivity index (χ1) is 19.7. The van der Waals surface area contributed by atoms with Gasteiger partial charge in [0.05, 0.1) is 12.2 Å². The molecular weight excluding hydrogens is 560 g/mol. The molecular formula is C29H24F4N4O5. The Morgan fingerprint density at radius 2 is 1.83 bits per heavy atom. The van der Waals surface area contributed by atoms with Gasteiger partial charge in [-0.2, -0.15) is 13.2 Å². The number of hydrogen-bond acceptors (Lipinski definition) is 7. The van der Waals surface area contributed by atoms with Gasteiger partial charge in [0.1, 0.15) is 40.5 Å². The standard InChI is InChI=1S/C29H24F4N4O5/c1-14-7-8-35-23-18(14)9-16(10-20(23)38)25(39)36-12-28(41,29(31,32)33)21-11-19-24(42-13-27(19,2)26(34)40)22(37-21)15-3-5-17(30)6-4-15/h3-11,38,41H,12-13H2,1-2H3,(H2,34,40)(H,36,39)/t27-,28?/m0/s1. The Kier molecular flexibility index (Phi) is 6.80. The largest absolute Gasteiger partial charge is 0.506 e. The molecule has 1 unspecified atom stereocenters. The van der Waals surface area contributed by atoms with E-state index in [1.165, 1.54) is 31.3 Å². The number of benzene rings is 2. The number of halogens is 4. The van der Waals surface area contributed by atoms with E-state index < -0.39 is 47.1 Å². The predicted octanol–water partition coefficient (Wildman–Crippen LogP) is 3.77. The summed E-state index contributed by atoms with van der Waals surface area (Å²) in [5.74, 6) is -2.94. The maximum Gasteiger partial charge on any atom is 0.424 e. The molecule has 1 aliphatic rings. The number of nitrogens with one attached hydrogen (secondary N) is 1. The number of amides is 2. The molecule has 2 atom stereocenters. The molecule has 5 rings (SSSR count). The Morgan fingerprint density at radius 3 is 2.48 bits per heavy atom. The van der Waals surface area contributed by atoms with E-state index in [9.17, 15) is 37.4 Å². The molecule has 218 valence electrons. The van der Waals surface area contributed by atoms with Gasteiger partial charge < -0.3 is 26.0 Å². The van der Waals surface area contributed by atoms with Crippen LogP contribution in [-0.2, 0) is 15.8 Å². The van der Waals surface area contributed by atoms with Gasteiger partial charge in [-0.25, -0.2) is 9.37 Å². The van der Waals surface area contributed by atoms with Gasteiger partial charge in [0.25, 0.3) is 5.91 Å². The van der Waals surface area contributed by atoms with Crippen molar-refractivity contribution in [2.75, 3.05) is 13.2 Å². The highest BCUT2D eigenvalue weighted by molar-refractivity contribution is 6.00. The van der Waals surface area contributed by atoms with Crippen LogP contribution in [0.1, 0.15) is 34.1 Å². The van der Waals surface area contributed by atoms with Crippen LogP contribution < -0.4 is 15.8 Å². The maximum atomic E-state index is 14.6. The van der Waals surface area contributed by atoms with Crippen molar-refractivity contribution in [2.24, 2.45) is 5.73 Å². The second kappa shape index (κ2) is 9.94. The zero-order valence-electron chi connectivity index (χ0n) is 22.2. The number of carbonyl (C=O) groups is 2. The highest BCUT2D eigenvalue weighted by Crippen LogP contribution is 2.47. The van der Waals surface area contributed by atoms with Crippen molar-refractivity contribution in [1.82, 2.24) is 15.3 Å². The molecule has 0 spiro atoms. The van der Waals surface area contributed by atoms with Gasteiger partial charge in [-0.1, -0.05) is 0 Å². The fourth-order valence-corrected chi connectivity index (χ4v) is 4.75. The number of carbonyl (C=O) groups excluding carboxylic acids is 2. The number of alkyl halides is 3. The molecule has 0 radical (unpaired) electrons. The number of aromatic nitrogens is 2. The van der Waals surface area contributed by atoms with E-state index in [0.29, 0.717) is 10.9 Å². The molecule has 3 heterocycles. The van der Waals surface area contributed by atoms with Crippen LogP contribution in [0.5, 0.6) is 11.5 Å². The van der Waals surface area contributed by atoms with Gasteiger partial charge >= 0.3 is 6.18 Å². The summed E-state index contributed by atoms with van der Waals surface area (Å²) in [5, 5.41) is 24.0. The predicted molar refractivity (Wildman–Crippen MR) is 142 cm³/mol. The number of primary amides is 1. The van der Waals surface area contributed by atoms with E-state index in [4.69, 9.17) is 10.5 Å². The molecule has 42 heavy (non-hydrogen) atoms. The summed E-state index contributed by atoms with van der Waals surface area (Å²) in [5.41, 5.74) is -0.138. The van der Waals surface area contributed by atoms with Crippen LogP contribution in [-0.4, -0.2) is 51.3 Å². The topological polar surface area (TPSA) is 148 Å². The third kappa shape index (κ3) is 4.65. The molecule has 0 saturated carbocycles. The van der Waals surface area contributed by atoms with Crippen LogP contribution in [0.25, 0.3) is 22.2 Å². The van der Waals surface area contributed by atoms with E-state index in [1.807, 2.05) is 0 Å². The molecule has 0 saturated heterocycles. The van der Waals surface area contributed by atoms with Gasteiger partial charge in [0.15, 0.2) is 0 Å². The number of aliphatic hydroxyl groups is 1. The van der Waals surface area contributed by atoms with Crippen molar-refractivity contribution in [1.29, 1.82) is 0 Å². The van der Waals surface area contributed by atoms with Crippen LogP contribution in [0, 0.1) is 12.7 Å². The highest BCUT2D eigenvalue weighted by Gasteiger charge is 2.57. The quantitative estimate of drug-likeness (QED) is 0.252. The zero-order valence-corrected chi connectivity index (χ0v) is 22.2. The fraction of sp³-hybridized carbons (Fsp3) is 0.241.